The predicted molar refractivity (Wildman–Crippen MR) is 84.8 cm³/mol. The van der Waals surface area contributed by atoms with E-state index in [4.69, 9.17) is 0 Å². The van der Waals surface area contributed by atoms with E-state index in [1.165, 1.54) is 0 Å². The molecule has 106 valence electrons. The first kappa shape index (κ1) is 13.2. The normalized spacial score (nSPS) is 14.0. The molecular weight excluding hydrogens is 264 g/mol. The fraction of sp³-hybridized carbons (Fsp3) is 0.125. The van der Waals surface area contributed by atoms with Gasteiger partial charge in [0.2, 0.25) is 5.91 Å². The van der Waals surface area contributed by atoms with Crippen LogP contribution in [0.15, 0.2) is 59.6 Å². The Bertz CT molecular complexity index is 682. The third-order valence-corrected chi connectivity index (χ3v) is 3.32. The summed E-state index contributed by atoms with van der Waals surface area (Å²) in [5.41, 5.74) is 8.59. The van der Waals surface area contributed by atoms with Gasteiger partial charge in [-0.05, 0) is 24.3 Å². The topological polar surface area (TPSA) is 56.7 Å². The molecule has 5 nitrogen and oxygen atoms in total. The molecule has 0 saturated heterocycles. The largest absolute Gasteiger partial charge is 0.313 e. The van der Waals surface area contributed by atoms with Crippen molar-refractivity contribution < 1.29 is 4.79 Å². The number of rotatable bonds is 2. The van der Waals surface area contributed by atoms with Crippen LogP contribution in [0.4, 0.5) is 17.1 Å². The average Bonchev–Trinajstić information content (AvgIpc) is 2.64. The number of amidine groups is 1. The first-order chi connectivity index (χ1) is 10.2. The Balaban J connectivity index is 1.83. The molecule has 0 saturated carbocycles. The number of hydrazine groups is 1. The zero-order valence-electron chi connectivity index (χ0n) is 11.7. The lowest BCUT2D eigenvalue weighted by Gasteiger charge is -2.16. The maximum Gasteiger partial charge on any atom is 0.234 e. The van der Waals surface area contributed by atoms with Crippen LogP contribution in [-0.4, -0.2) is 18.8 Å². The Labute approximate surface area is 123 Å². The molecule has 2 aromatic carbocycles. The van der Waals surface area contributed by atoms with Crippen LogP contribution < -0.4 is 15.8 Å². The summed E-state index contributed by atoms with van der Waals surface area (Å²) in [5.74, 6) is 0.599. The van der Waals surface area contributed by atoms with E-state index >= 15 is 0 Å². The first-order valence-corrected chi connectivity index (χ1v) is 6.74. The third-order valence-electron chi connectivity index (χ3n) is 3.32. The number of nitrogens with zero attached hydrogens (tertiary/aromatic N) is 2. The fourth-order valence-electron chi connectivity index (χ4n) is 2.16. The van der Waals surface area contributed by atoms with Gasteiger partial charge in [-0.25, -0.2) is 4.99 Å². The van der Waals surface area contributed by atoms with Crippen LogP contribution in [0.2, 0.25) is 0 Å². The van der Waals surface area contributed by atoms with Crippen molar-refractivity contribution in [3.63, 3.8) is 0 Å². The minimum atomic E-state index is 0.000983. The highest BCUT2D eigenvalue weighted by Crippen LogP contribution is 2.30. The van der Waals surface area contributed by atoms with Crippen molar-refractivity contribution in [3.8, 4) is 0 Å². The average molecular weight is 280 g/mol. The summed E-state index contributed by atoms with van der Waals surface area (Å²) < 4.78 is 0. The second-order valence-electron chi connectivity index (χ2n) is 4.79. The van der Waals surface area contributed by atoms with E-state index < -0.39 is 0 Å². The van der Waals surface area contributed by atoms with Crippen molar-refractivity contribution in [1.29, 1.82) is 0 Å². The minimum Gasteiger partial charge on any atom is -0.313 e. The Hall–Kier alpha value is -2.82. The molecule has 1 heterocycles. The van der Waals surface area contributed by atoms with Crippen LogP contribution in [0.5, 0.6) is 0 Å². The van der Waals surface area contributed by atoms with Crippen LogP contribution in [0.25, 0.3) is 0 Å². The van der Waals surface area contributed by atoms with E-state index in [0.717, 1.165) is 17.1 Å². The molecule has 1 aliphatic rings. The Kier molecular flexibility index (Phi) is 3.55. The van der Waals surface area contributed by atoms with Gasteiger partial charge in [0.1, 0.15) is 5.84 Å². The highest BCUT2D eigenvalue weighted by molar-refractivity contribution is 6.10. The smallest absolute Gasteiger partial charge is 0.234 e. The quantitative estimate of drug-likeness (QED) is 0.832. The fourth-order valence-corrected chi connectivity index (χ4v) is 2.16. The number of amides is 1. The van der Waals surface area contributed by atoms with Crippen LogP contribution >= 0.6 is 0 Å². The molecule has 3 rings (SSSR count). The zero-order valence-corrected chi connectivity index (χ0v) is 11.7. The molecule has 0 spiro atoms. The molecule has 1 aliphatic heterocycles. The zero-order chi connectivity index (χ0) is 14.7. The number of hydrogen-bond donors (Lipinski definition) is 2. The number of aliphatic imine (C=N–C) groups is 1. The van der Waals surface area contributed by atoms with Gasteiger partial charge in [-0.15, -0.1) is 0 Å². The van der Waals surface area contributed by atoms with E-state index in [1.54, 1.807) is 11.9 Å². The second-order valence-corrected chi connectivity index (χ2v) is 4.79. The van der Waals surface area contributed by atoms with E-state index in [0.29, 0.717) is 5.84 Å². The summed E-state index contributed by atoms with van der Waals surface area (Å²) in [4.78, 5) is 18.3. The highest BCUT2D eigenvalue weighted by Gasteiger charge is 2.20. The number of carbonyl (C=O) groups excluding carboxylic acids is 1. The summed E-state index contributed by atoms with van der Waals surface area (Å²) in [5, 5.41) is 0. The Morgan fingerprint density at radius 3 is 2.52 bits per heavy atom. The van der Waals surface area contributed by atoms with Crippen LogP contribution in [0, 0.1) is 0 Å². The standard InChI is InChI=1S/C16H16N4O/c1-20-14-10-6-5-9-13(14)17-15(11-16(20)21)19-18-12-7-3-2-4-8-12/h2-10,18H,11H2,1H3,(H,17,19). The Morgan fingerprint density at radius 2 is 1.71 bits per heavy atom. The number of anilines is 2. The SMILES string of the molecule is CN1C(=O)CC(NNc2ccccc2)=Nc2ccccc21. The molecule has 0 fully saturated rings. The van der Waals surface area contributed by atoms with Crippen molar-refractivity contribution in [2.75, 3.05) is 17.4 Å². The lowest BCUT2D eigenvalue weighted by atomic mass is 10.2. The summed E-state index contributed by atoms with van der Waals surface area (Å²) in [7, 11) is 1.77. The third kappa shape index (κ3) is 2.86. The van der Waals surface area contributed by atoms with E-state index in [-0.39, 0.29) is 12.3 Å². The van der Waals surface area contributed by atoms with Gasteiger partial charge < -0.3 is 4.90 Å². The Morgan fingerprint density at radius 1 is 1.00 bits per heavy atom. The number of hydrogen-bond acceptors (Lipinski definition) is 4. The second kappa shape index (κ2) is 5.66. The van der Waals surface area contributed by atoms with Gasteiger partial charge in [0.25, 0.3) is 0 Å². The van der Waals surface area contributed by atoms with Crippen LogP contribution in [0.1, 0.15) is 6.42 Å². The van der Waals surface area contributed by atoms with Gasteiger partial charge in [-0.1, -0.05) is 30.3 Å². The lowest BCUT2D eigenvalue weighted by molar-refractivity contribution is -0.117. The number of carbonyl (C=O) groups is 1. The highest BCUT2D eigenvalue weighted by atomic mass is 16.2. The lowest BCUT2D eigenvalue weighted by Crippen LogP contribution is -2.34. The number of para-hydroxylation sites is 3. The van der Waals surface area contributed by atoms with Crippen LogP contribution in [0.3, 0.4) is 0 Å². The van der Waals surface area contributed by atoms with Crippen molar-refractivity contribution in [2.45, 2.75) is 6.42 Å². The van der Waals surface area contributed by atoms with Crippen molar-refractivity contribution in [3.05, 3.63) is 54.6 Å². The molecule has 0 aliphatic carbocycles. The molecular formula is C16H16N4O. The maximum atomic E-state index is 12.2. The summed E-state index contributed by atoms with van der Waals surface area (Å²) in [6.45, 7) is 0. The molecule has 0 aromatic heterocycles. The first-order valence-electron chi connectivity index (χ1n) is 6.74. The van der Waals surface area contributed by atoms with Gasteiger partial charge in [-0.2, -0.15) is 0 Å². The molecule has 2 N–H and O–H groups in total. The number of fused-ring (bicyclic) bond motifs is 1. The van der Waals surface area contributed by atoms with Crippen molar-refractivity contribution in [1.82, 2.24) is 5.43 Å². The molecule has 0 bridgehead atoms. The van der Waals surface area contributed by atoms with Gasteiger partial charge in [-0.3, -0.25) is 15.6 Å². The summed E-state index contributed by atoms with van der Waals surface area (Å²) in [6, 6.07) is 17.3. The predicted octanol–water partition coefficient (Wildman–Crippen LogP) is 2.70. The molecule has 2 aromatic rings. The van der Waals surface area contributed by atoms with Gasteiger partial charge in [0.15, 0.2) is 0 Å². The summed E-state index contributed by atoms with van der Waals surface area (Å²) >= 11 is 0. The van der Waals surface area contributed by atoms with Crippen molar-refractivity contribution >= 4 is 28.8 Å². The van der Waals surface area contributed by atoms with E-state index in [2.05, 4.69) is 15.8 Å². The molecule has 0 unspecified atom stereocenters. The molecule has 5 heteroatoms. The van der Waals surface area contributed by atoms with Gasteiger partial charge in [0, 0.05) is 7.05 Å². The van der Waals surface area contributed by atoms with Gasteiger partial charge in [0.05, 0.1) is 23.5 Å². The van der Waals surface area contributed by atoms with Gasteiger partial charge >= 0.3 is 0 Å². The van der Waals surface area contributed by atoms with Crippen LogP contribution in [-0.2, 0) is 4.79 Å². The molecule has 21 heavy (non-hydrogen) atoms. The number of benzene rings is 2. The molecule has 1 amide bonds. The minimum absolute atomic E-state index is 0.000983. The summed E-state index contributed by atoms with van der Waals surface area (Å²) in [6.07, 6.45) is 0.227. The van der Waals surface area contributed by atoms with E-state index in [1.807, 2.05) is 54.6 Å². The monoisotopic (exact) mass is 280 g/mol. The number of nitrogens with one attached hydrogen (secondary N) is 2. The maximum absolute atomic E-state index is 12.2. The van der Waals surface area contributed by atoms with Crippen molar-refractivity contribution in [2.24, 2.45) is 4.99 Å². The van der Waals surface area contributed by atoms with E-state index in [9.17, 15) is 4.79 Å². The molecule has 0 radical (unpaired) electrons. The molecule has 0 atom stereocenters.